The van der Waals surface area contributed by atoms with Crippen molar-refractivity contribution < 1.29 is 0 Å². The molecule has 0 amide bonds. The van der Waals surface area contributed by atoms with Gasteiger partial charge in [-0.15, -0.1) is 0 Å². The fourth-order valence-corrected chi connectivity index (χ4v) is 1.82. The summed E-state index contributed by atoms with van der Waals surface area (Å²) in [4.78, 5) is 8.69. The maximum atomic E-state index is 4.40. The molecule has 4 heteroatoms. The molecule has 1 aromatic heterocycles. The molecular formula is C15H28N4. The standard InChI is InChI=1S/C15H28N4/c1-7-8-12-13(16-6)18-10-19-14(12)17-9-11(2)15(3,4)5/h10-11H,7-9H2,1-6H3,(H2,16,17,18,19). The van der Waals surface area contributed by atoms with Crippen LogP contribution in [0.2, 0.25) is 0 Å². The molecule has 2 N–H and O–H groups in total. The number of nitrogens with zero attached hydrogens (tertiary/aromatic N) is 2. The average Bonchev–Trinajstić information content (AvgIpc) is 2.36. The molecule has 0 saturated carbocycles. The van der Waals surface area contributed by atoms with Gasteiger partial charge in [-0.05, 0) is 17.8 Å². The van der Waals surface area contributed by atoms with E-state index >= 15 is 0 Å². The summed E-state index contributed by atoms with van der Waals surface area (Å²) in [5, 5.41) is 6.64. The molecule has 1 unspecified atom stereocenters. The Morgan fingerprint density at radius 2 is 1.84 bits per heavy atom. The highest BCUT2D eigenvalue weighted by atomic mass is 15.1. The third-order valence-electron chi connectivity index (χ3n) is 3.74. The van der Waals surface area contributed by atoms with E-state index in [-0.39, 0.29) is 0 Å². The summed E-state index contributed by atoms with van der Waals surface area (Å²) in [6.45, 7) is 12.2. The van der Waals surface area contributed by atoms with Crippen LogP contribution in [0.3, 0.4) is 0 Å². The molecule has 0 aliphatic rings. The van der Waals surface area contributed by atoms with Crippen molar-refractivity contribution in [1.29, 1.82) is 0 Å². The van der Waals surface area contributed by atoms with Crippen molar-refractivity contribution in [3.05, 3.63) is 11.9 Å². The van der Waals surface area contributed by atoms with Crippen LogP contribution in [0.5, 0.6) is 0 Å². The van der Waals surface area contributed by atoms with Gasteiger partial charge >= 0.3 is 0 Å². The summed E-state index contributed by atoms with van der Waals surface area (Å²) in [5.41, 5.74) is 1.49. The van der Waals surface area contributed by atoms with E-state index in [1.165, 1.54) is 5.56 Å². The lowest BCUT2D eigenvalue weighted by molar-refractivity contribution is 0.274. The summed E-state index contributed by atoms with van der Waals surface area (Å²) >= 11 is 0. The van der Waals surface area contributed by atoms with Crippen LogP contribution in [0.25, 0.3) is 0 Å². The van der Waals surface area contributed by atoms with Gasteiger partial charge in [-0.3, -0.25) is 0 Å². The molecule has 4 nitrogen and oxygen atoms in total. The monoisotopic (exact) mass is 264 g/mol. The lowest BCUT2D eigenvalue weighted by Gasteiger charge is -2.28. The SMILES string of the molecule is CCCc1c(NC)ncnc1NCC(C)C(C)(C)C. The Morgan fingerprint density at radius 3 is 2.37 bits per heavy atom. The van der Waals surface area contributed by atoms with Gasteiger partial charge in [0.25, 0.3) is 0 Å². The first-order chi connectivity index (χ1) is 8.90. The zero-order valence-corrected chi connectivity index (χ0v) is 13.2. The molecule has 1 atom stereocenters. The van der Waals surface area contributed by atoms with Gasteiger partial charge in [0.2, 0.25) is 0 Å². The Hall–Kier alpha value is -1.32. The normalized spacial score (nSPS) is 13.2. The largest absolute Gasteiger partial charge is 0.373 e. The van der Waals surface area contributed by atoms with Crippen molar-refractivity contribution in [3.63, 3.8) is 0 Å². The molecule has 0 bridgehead atoms. The molecule has 19 heavy (non-hydrogen) atoms. The second kappa shape index (κ2) is 6.73. The quantitative estimate of drug-likeness (QED) is 0.824. The number of hydrogen-bond acceptors (Lipinski definition) is 4. The van der Waals surface area contributed by atoms with Crippen LogP contribution in [0.15, 0.2) is 6.33 Å². The molecule has 0 radical (unpaired) electrons. The van der Waals surface area contributed by atoms with Crippen LogP contribution in [-0.2, 0) is 6.42 Å². The molecule has 0 saturated heterocycles. The maximum Gasteiger partial charge on any atom is 0.134 e. The van der Waals surface area contributed by atoms with E-state index in [0.29, 0.717) is 11.3 Å². The van der Waals surface area contributed by atoms with Crippen LogP contribution in [0.1, 0.15) is 46.6 Å². The highest BCUT2D eigenvalue weighted by Crippen LogP contribution is 2.27. The fourth-order valence-electron chi connectivity index (χ4n) is 1.82. The van der Waals surface area contributed by atoms with Crippen LogP contribution in [0.4, 0.5) is 11.6 Å². The van der Waals surface area contributed by atoms with Gasteiger partial charge in [0.15, 0.2) is 0 Å². The van der Waals surface area contributed by atoms with Crippen LogP contribution >= 0.6 is 0 Å². The molecule has 0 aliphatic heterocycles. The minimum atomic E-state index is 0.302. The number of hydrogen-bond donors (Lipinski definition) is 2. The number of anilines is 2. The third kappa shape index (κ3) is 4.37. The predicted molar refractivity (Wildman–Crippen MR) is 82.7 cm³/mol. The smallest absolute Gasteiger partial charge is 0.134 e. The molecule has 0 aliphatic carbocycles. The van der Waals surface area contributed by atoms with Gasteiger partial charge in [0.1, 0.15) is 18.0 Å². The molecule has 1 rings (SSSR count). The highest BCUT2D eigenvalue weighted by Gasteiger charge is 2.20. The van der Waals surface area contributed by atoms with Crippen LogP contribution < -0.4 is 10.6 Å². The van der Waals surface area contributed by atoms with E-state index in [1.54, 1.807) is 6.33 Å². The highest BCUT2D eigenvalue weighted by molar-refractivity contribution is 5.57. The van der Waals surface area contributed by atoms with Gasteiger partial charge < -0.3 is 10.6 Å². The maximum absolute atomic E-state index is 4.40. The molecule has 1 heterocycles. The Morgan fingerprint density at radius 1 is 1.21 bits per heavy atom. The van der Waals surface area contributed by atoms with Gasteiger partial charge in [-0.25, -0.2) is 9.97 Å². The topological polar surface area (TPSA) is 49.8 Å². The lowest BCUT2D eigenvalue weighted by Crippen LogP contribution is -2.25. The average molecular weight is 264 g/mol. The minimum absolute atomic E-state index is 0.302. The summed E-state index contributed by atoms with van der Waals surface area (Å²) in [7, 11) is 1.91. The van der Waals surface area contributed by atoms with Crippen molar-refractivity contribution in [2.75, 3.05) is 24.2 Å². The molecule has 0 spiro atoms. The minimum Gasteiger partial charge on any atom is -0.373 e. The second-order valence-corrected chi connectivity index (χ2v) is 6.20. The zero-order chi connectivity index (χ0) is 14.5. The number of nitrogens with one attached hydrogen (secondary N) is 2. The Balaban J connectivity index is 2.83. The van der Waals surface area contributed by atoms with Crippen LogP contribution in [0, 0.1) is 11.3 Å². The second-order valence-electron chi connectivity index (χ2n) is 6.20. The first kappa shape index (κ1) is 15.7. The summed E-state index contributed by atoms with van der Waals surface area (Å²) in [6, 6.07) is 0. The van der Waals surface area contributed by atoms with E-state index in [2.05, 4.69) is 55.2 Å². The van der Waals surface area contributed by atoms with Crippen molar-refractivity contribution >= 4 is 11.6 Å². The zero-order valence-electron chi connectivity index (χ0n) is 13.2. The Labute approximate surface area is 117 Å². The van der Waals surface area contributed by atoms with Crippen molar-refractivity contribution in [2.24, 2.45) is 11.3 Å². The number of rotatable bonds is 6. The molecule has 0 aromatic carbocycles. The number of aromatic nitrogens is 2. The van der Waals surface area contributed by atoms with Gasteiger partial charge in [-0.1, -0.05) is 41.0 Å². The summed E-state index contributed by atoms with van der Waals surface area (Å²) in [6.07, 6.45) is 3.70. The van der Waals surface area contributed by atoms with Gasteiger partial charge in [0.05, 0.1) is 0 Å². The fraction of sp³-hybridized carbons (Fsp3) is 0.733. The first-order valence-corrected chi connectivity index (χ1v) is 7.15. The van der Waals surface area contributed by atoms with E-state index in [4.69, 9.17) is 0 Å². The van der Waals surface area contributed by atoms with Gasteiger partial charge in [0, 0.05) is 19.2 Å². The molecule has 0 fully saturated rings. The Kier molecular flexibility index (Phi) is 5.58. The molecule has 1 aromatic rings. The first-order valence-electron chi connectivity index (χ1n) is 7.15. The third-order valence-corrected chi connectivity index (χ3v) is 3.74. The van der Waals surface area contributed by atoms with E-state index in [9.17, 15) is 0 Å². The van der Waals surface area contributed by atoms with Crippen molar-refractivity contribution in [1.82, 2.24) is 9.97 Å². The van der Waals surface area contributed by atoms with Gasteiger partial charge in [-0.2, -0.15) is 0 Å². The molecular weight excluding hydrogens is 236 g/mol. The van der Waals surface area contributed by atoms with E-state index in [1.807, 2.05) is 7.05 Å². The molecule has 108 valence electrons. The van der Waals surface area contributed by atoms with Crippen LogP contribution in [-0.4, -0.2) is 23.6 Å². The summed E-state index contributed by atoms with van der Waals surface area (Å²) in [5.74, 6) is 2.48. The van der Waals surface area contributed by atoms with E-state index in [0.717, 1.165) is 31.0 Å². The summed E-state index contributed by atoms with van der Waals surface area (Å²) < 4.78 is 0. The van der Waals surface area contributed by atoms with Crippen molar-refractivity contribution in [2.45, 2.75) is 47.5 Å². The van der Waals surface area contributed by atoms with Crippen molar-refractivity contribution in [3.8, 4) is 0 Å². The lowest BCUT2D eigenvalue weighted by atomic mass is 9.82. The predicted octanol–water partition coefficient (Wildman–Crippen LogP) is 3.56. The van der Waals surface area contributed by atoms with E-state index < -0.39 is 0 Å². The Bertz CT molecular complexity index is 396.